The molecule has 0 radical (unpaired) electrons. The highest BCUT2D eigenvalue weighted by Gasteiger charge is 2.30. The van der Waals surface area contributed by atoms with Crippen molar-refractivity contribution >= 4 is 21.8 Å². The van der Waals surface area contributed by atoms with Gasteiger partial charge in [-0.1, -0.05) is 15.9 Å². The van der Waals surface area contributed by atoms with Crippen LogP contribution in [-0.4, -0.2) is 54.0 Å². The molecule has 23 heavy (non-hydrogen) atoms. The Morgan fingerprint density at radius 1 is 1.35 bits per heavy atom. The number of carbonyl (C=O) groups excluding carboxylic acids is 1. The average molecular weight is 384 g/mol. The first-order valence-corrected chi connectivity index (χ1v) is 9.03. The fourth-order valence-electron chi connectivity index (χ4n) is 2.93. The molecule has 1 atom stereocenters. The summed E-state index contributed by atoms with van der Waals surface area (Å²) in [6.45, 7) is 5.98. The van der Waals surface area contributed by atoms with Gasteiger partial charge in [0, 0.05) is 48.8 Å². The Morgan fingerprint density at radius 3 is 2.70 bits per heavy atom. The Hall–Kier alpha value is -0.980. The van der Waals surface area contributed by atoms with Crippen molar-refractivity contribution in [2.24, 2.45) is 0 Å². The van der Waals surface area contributed by atoms with Gasteiger partial charge in [0.1, 0.15) is 5.82 Å². The summed E-state index contributed by atoms with van der Waals surface area (Å²) >= 11 is 3.39. The number of nitrogens with zero attached hydrogens (tertiary/aromatic N) is 2. The zero-order valence-electron chi connectivity index (χ0n) is 13.4. The summed E-state index contributed by atoms with van der Waals surface area (Å²) in [5.74, 6) is -0.0215. The van der Waals surface area contributed by atoms with E-state index in [-0.39, 0.29) is 17.8 Å². The number of hydrogen-bond donors (Lipinski definition) is 1. The molecule has 1 aromatic carbocycles. The molecule has 126 valence electrons. The van der Waals surface area contributed by atoms with E-state index in [0.717, 1.165) is 43.5 Å². The third kappa shape index (κ3) is 4.52. The van der Waals surface area contributed by atoms with Crippen LogP contribution in [-0.2, 0) is 11.3 Å². The highest BCUT2D eigenvalue weighted by Crippen LogP contribution is 2.20. The maximum Gasteiger partial charge on any atom is 0.237 e. The van der Waals surface area contributed by atoms with Gasteiger partial charge in [-0.3, -0.25) is 14.6 Å². The highest BCUT2D eigenvalue weighted by molar-refractivity contribution is 9.10. The van der Waals surface area contributed by atoms with Crippen molar-refractivity contribution in [2.45, 2.75) is 38.4 Å². The topological polar surface area (TPSA) is 35.6 Å². The summed E-state index contributed by atoms with van der Waals surface area (Å²) in [7, 11) is 0. The quantitative estimate of drug-likeness (QED) is 0.847. The first-order valence-electron chi connectivity index (χ1n) is 8.23. The smallest absolute Gasteiger partial charge is 0.237 e. The predicted octanol–water partition coefficient (Wildman–Crippen LogP) is 2.37. The maximum absolute atomic E-state index is 13.9. The SMILES string of the molecule is CC(C(=O)NC1CC1)N1CCN(Cc2cc(Br)ccc2F)CC1. The number of hydrogen-bond acceptors (Lipinski definition) is 3. The van der Waals surface area contributed by atoms with Crippen LogP contribution in [0.3, 0.4) is 0 Å². The number of amides is 1. The average Bonchev–Trinajstić information content (AvgIpc) is 3.35. The molecule has 0 spiro atoms. The molecule has 1 N–H and O–H groups in total. The molecule has 0 aromatic heterocycles. The fourth-order valence-corrected chi connectivity index (χ4v) is 3.34. The Morgan fingerprint density at radius 2 is 2.04 bits per heavy atom. The van der Waals surface area contributed by atoms with Crippen LogP contribution in [0.4, 0.5) is 4.39 Å². The van der Waals surface area contributed by atoms with Crippen LogP contribution in [0.5, 0.6) is 0 Å². The van der Waals surface area contributed by atoms with Crippen LogP contribution in [0, 0.1) is 5.82 Å². The second-order valence-corrected chi connectivity index (χ2v) is 7.42. The van der Waals surface area contributed by atoms with E-state index in [1.54, 1.807) is 6.07 Å². The van der Waals surface area contributed by atoms with Crippen molar-refractivity contribution in [2.75, 3.05) is 26.2 Å². The molecule has 1 aliphatic heterocycles. The van der Waals surface area contributed by atoms with E-state index in [1.807, 2.05) is 13.0 Å². The molecule has 6 heteroatoms. The first-order chi connectivity index (χ1) is 11.0. The Kier molecular flexibility index (Phi) is 5.34. The minimum atomic E-state index is -0.159. The van der Waals surface area contributed by atoms with Gasteiger partial charge in [-0.15, -0.1) is 0 Å². The number of benzene rings is 1. The van der Waals surface area contributed by atoms with Gasteiger partial charge in [-0.05, 0) is 38.0 Å². The van der Waals surface area contributed by atoms with Gasteiger partial charge in [0.15, 0.2) is 0 Å². The van der Waals surface area contributed by atoms with Gasteiger partial charge >= 0.3 is 0 Å². The summed E-state index contributed by atoms with van der Waals surface area (Å²) < 4.78 is 14.8. The van der Waals surface area contributed by atoms with Crippen LogP contribution in [0.2, 0.25) is 0 Å². The molecule has 1 saturated carbocycles. The van der Waals surface area contributed by atoms with Crippen molar-refractivity contribution in [3.05, 3.63) is 34.1 Å². The van der Waals surface area contributed by atoms with Crippen molar-refractivity contribution in [3.8, 4) is 0 Å². The van der Waals surface area contributed by atoms with Crippen molar-refractivity contribution < 1.29 is 9.18 Å². The second-order valence-electron chi connectivity index (χ2n) is 6.51. The van der Waals surface area contributed by atoms with Crippen LogP contribution in [0.25, 0.3) is 0 Å². The van der Waals surface area contributed by atoms with E-state index in [9.17, 15) is 9.18 Å². The number of piperazine rings is 1. The number of carbonyl (C=O) groups is 1. The van der Waals surface area contributed by atoms with E-state index in [0.29, 0.717) is 18.2 Å². The molecular weight excluding hydrogens is 361 g/mol. The molecule has 1 unspecified atom stereocenters. The lowest BCUT2D eigenvalue weighted by atomic mass is 10.1. The lowest BCUT2D eigenvalue weighted by Gasteiger charge is -2.37. The van der Waals surface area contributed by atoms with Crippen LogP contribution < -0.4 is 5.32 Å². The predicted molar refractivity (Wildman–Crippen MR) is 91.6 cm³/mol. The van der Waals surface area contributed by atoms with E-state index < -0.39 is 0 Å². The van der Waals surface area contributed by atoms with Gasteiger partial charge in [0.25, 0.3) is 0 Å². The lowest BCUT2D eigenvalue weighted by Crippen LogP contribution is -2.53. The summed E-state index contributed by atoms with van der Waals surface area (Å²) in [6, 6.07) is 5.38. The van der Waals surface area contributed by atoms with Gasteiger partial charge in [0.05, 0.1) is 6.04 Å². The monoisotopic (exact) mass is 383 g/mol. The van der Waals surface area contributed by atoms with Gasteiger partial charge < -0.3 is 5.32 Å². The number of rotatable bonds is 5. The number of nitrogens with one attached hydrogen (secondary N) is 1. The molecule has 1 saturated heterocycles. The fraction of sp³-hybridized carbons (Fsp3) is 0.588. The minimum Gasteiger partial charge on any atom is -0.352 e. The van der Waals surface area contributed by atoms with E-state index >= 15 is 0 Å². The normalized spacial score (nSPS) is 21.2. The zero-order chi connectivity index (χ0) is 16.4. The van der Waals surface area contributed by atoms with Crippen LogP contribution in [0.1, 0.15) is 25.3 Å². The molecule has 3 rings (SSSR count). The third-order valence-electron chi connectivity index (χ3n) is 4.66. The molecule has 4 nitrogen and oxygen atoms in total. The van der Waals surface area contributed by atoms with E-state index in [4.69, 9.17) is 0 Å². The zero-order valence-corrected chi connectivity index (χ0v) is 15.0. The van der Waals surface area contributed by atoms with Crippen LogP contribution in [0.15, 0.2) is 22.7 Å². The Bertz CT molecular complexity index is 571. The maximum atomic E-state index is 13.9. The Labute approximate surface area is 145 Å². The first kappa shape index (κ1) is 16.9. The lowest BCUT2D eigenvalue weighted by molar-refractivity contribution is -0.126. The van der Waals surface area contributed by atoms with E-state index in [2.05, 4.69) is 31.0 Å². The summed E-state index contributed by atoms with van der Waals surface area (Å²) in [6.07, 6.45) is 2.23. The van der Waals surface area contributed by atoms with E-state index in [1.165, 1.54) is 6.07 Å². The largest absolute Gasteiger partial charge is 0.352 e. The molecule has 2 fully saturated rings. The molecule has 1 aromatic rings. The van der Waals surface area contributed by atoms with Crippen molar-refractivity contribution in [3.63, 3.8) is 0 Å². The standard InChI is InChI=1S/C17H23BrFN3O/c1-12(17(23)20-15-3-4-15)22-8-6-21(7-9-22)11-13-10-14(18)2-5-16(13)19/h2,5,10,12,15H,3-4,6-9,11H2,1H3,(H,20,23). The molecule has 1 amide bonds. The van der Waals surface area contributed by atoms with Crippen molar-refractivity contribution in [1.29, 1.82) is 0 Å². The van der Waals surface area contributed by atoms with Crippen molar-refractivity contribution in [1.82, 2.24) is 15.1 Å². The summed E-state index contributed by atoms with van der Waals surface area (Å²) in [4.78, 5) is 16.6. The summed E-state index contributed by atoms with van der Waals surface area (Å²) in [5.41, 5.74) is 0.715. The number of halogens is 2. The highest BCUT2D eigenvalue weighted by atomic mass is 79.9. The minimum absolute atomic E-state index is 0.0830. The van der Waals surface area contributed by atoms with Crippen LogP contribution >= 0.6 is 15.9 Å². The molecular formula is C17H23BrFN3O. The third-order valence-corrected chi connectivity index (χ3v) is 5.15. The Balaban J connectivity index is 1.49. The molecule has 1 heterocycles. The van der Waals surface area contributed by atoms with Gasteiger partial charge in [-0.2, -0.15) is 0 Å². The molecule has 1 aliphatic carbocycles. The molecule has 0 bridgehead atoms. The van der Waals surface area contributed by atoms with Gasteiger partial charge in [0.2, 0.25) is 5.91 Å². The molecule has 2 aliphatic rings. The summed E-state index contributed by atoms with van der Waals surface area (Å²) in [5, 5.41) is 3.07. The van der Waals surface area contributed by atoms with Gasteiger partial charge in [-0.25, -0.2) is 4.39 Å². The second kappa shape index (κ2) is 7.28.